The minimum Gasteiger partial charge on any atom is -0.471 e. The van der Waals surface area contributed by atoms with Crippen LogP contribution < -0.4 is 10.1 Å². The van der Waals surface area contributed by atoms with Crippen molar-refractivity contribution >= 4 is 5.82 Å². The molecule has 2 heterocycles. The van der Waals surface area contributed by atoms with Gasteiger partial charge in [-0.15, -0.1) is 0 Å². The van der Waals surface area contributed by atoms with Crippen molar-refractivity contribution in [1.82, 2.24) is 9.97 Å². The lowest BCUT2D eigenvalue weighted by Gasteiger charge is -2.18. The Hall–Kier alpha value is -1.36. The Labute approximate surface area is 108 Å². The summed E-state index contributed by atoms with van der Waals surface area (Å²) in [5, 5.41) is 3.26. The van der Waals surface area contributed by atoms with E-state index in [1.807, 2.05) is 0 Å². The third kappa shape index (κ3) is 2.90. The molecule has 1 saturated heterocycles. The quantitative estimate of drug-likeness (QED) is 0.869. The van der Waals surface area contributed by atoms with Crippen LogP contribution in [0.4, 0.5) is 5.82 Å². The fourth-order valence-electron chi connectivity index (χ4n) is 2.07. The first-order valence-electron chi connectivity index (χ1n) is 6.55. The second kappa shape index (κ2) is 6.00. The van der Waals surface area contributed by atoms with Gasteiger partial charge >= 0.3 is 0 Å². The second-order valence-corrected chi connectivity index (χ2v) is 4.73. The van der Waals surface area contributed by atoms with Crippen LogP contribution in [0.25, 0.3) is 0 Å². The van der Waals surface area contributed by atoms with E-state index < -0.39 is 0 Å². The van der Waals surface area contributed by atoms with Crippen molar-refractivity contribution in [2.75, 3.05) is 25.1 Å². The van der Waals surface area contributed by atoms with E-state index in [9.17, 15) is 0 Å². The van der Waals surface area contributed by atoms with E-state index in [0.29, 0.717) is 18.4 Å². The van der Waals surface area contributed by atoms with Crippen LogP contribution in [0.3, 0.4) is 0 Å². The van der Waals surface area contributed by atoms with Gasteiger partial charge in [-0.3, -0.25) is 0 Å². The van der Waals surface area contributed by atoms with Gasteiger partial charge in [0.2, 0.25) is 5.88 Å². The summed E-state index contributed by atoms with van der Waals surface area (Å²) in [5.41, 5.74) is 1.05. The third-order valence-corrected chi connectivity index (χ3v) is 2.94. The summed E-state index contributed by atoms with van der Waals surface area (Å²) in [6.07, 6.45) is 2.60. The van der Waals surface area contributed by atoms with Crippen LogP contribution >= 0.6 is 0 Å². The Morgan fingerprint density at radius 1 is 1.50 bits per heavy atom. The number of nitrogens with zero attached hydrogens (tertiary/aromatic N) is 2. The van der Waals surface area contributed by atoms with Crippen LogP contribution in [0.2, 0.25) is 0 Å². The first-order chi connectivity index (χ1) is 8.72. The van der Waals surface area contributed by atoms with E-state index in [0.717, 1.165) is 31.0 Å². The zero-order valence-corrected chi connectivity index (χ0v) is 11.3. The maximum absolute atomic E-state index is 5.94. The van der Waals surface area contributed by atoms with Crippen LogP contribution in [0.5, 0.6) is 5.88 Å². The zero-order valence-electron chi connectivity index (χ0n) is 11.3. The van der Waals surface area contributed by atoms with Gasteiger partial charge in [0.15, 0.2) is 0 Å². The molecule has 1 N–H and O–H groups in total. The first-order valence-corrected chi connectivity index (χ1v) is 6.55. The number of hydrogen-bond acceptors (Lipinski definition) is 5. The standard InChI is InChI=1S/C13H21N3O2/c1-4-14-12-11(9(2)3)13(16-8-15-12)18-10-5-6-17-7-10/h8-10H,4-7H2,1-3H3,(H,14,15,16). The molecule has 0 aliphatic carbocycles. The van der Waals surface area contributed by atoms with Crippen molar-refractivity contribution in [3.05, 3.63) is 11.9 Å². The Morgan fingerprint density at radius 3 is 2.94 bits per heavy atom. The molecule has 0 spiro atoms. The molecule has 1 unspecified atom stereocenters. The summed E-state index contributed by atoms with van der Waals surface area (Å²) >= 11 is 0. The molecule has 1 fully saturated rings. The van der Waals surface area contributed by atoms with E-state index in [1.54, 1.807) is 6.33 Å². The number of anilines is 1. The van der Waals surface area contributed by atoms with Gasteiger partial charge in [0.25, 0.3) is 0 Å². The van der Waals surface area contributed by atoms with Crippen LogP contribution in [0.15, 0.2) is 6.33 Å². The topological polar surface area (TPSA) is 56.3 Å². The highest BCUT2D eigenvalue weighted by atomic mass is 16.5. The molecule has 1 atom stereocenters. The highest BCUT2D eigenvalue weighted by molar-refractivity contribution is 5.50. The summed E-state index contributed by atoms with van der Waals surface area (Å²) in [5.74, 6) is 1.88. The summed E-state index contributed by atoms with van der Waals surface area (Å²) < 4.78 is 11.3. The second-order valence-electron chi connectivity index (χ2n) is 4.73. The molecule has 5 heteroatoms. The lowest BCUT2D eigenvalue weighted by molar-refractivity contribution is 0.137. The number of ether oxygens (including phenoxy) is 2. The maximum atomic E-state index is 5.94. The van der Waals surface area contributed by atoms with Gasteiger partial charge in [-0.05, 0) is 12.8 Å². The smallest absolute Gasteiger partial charge is 0.222 e. The Morgan fingerprint density at radius 2 is 2.33 bits per heavy atom. The Kier molecular flexibility index (Phi) is 4.36. The van der Waals surface area contributed by atoms with Crippen LogP contribution in [-0.4, -0.2) is 35.8 Å². The number of rotatable bonds is 5. The van der Waals surface area contributed by atoms with Crippen molar-refractivity contribution in [1.29, 1.82) is 0 Å². The highest BCUT2D eigenvalue weighted by Gasteiger charge is 2.22. The fourth-order valence-corrected chi connectivity index (χ4v) is 2.07. The van der Waals surface area contributed by atoms with Crippen LogP contribution in [0, 0.1) is 0 Å². The average molecular weight is 251 g/mol. The third-order valence-electron chi connectivity index (χ3n) is 2.94. The molecule has 1 aliphatic rings. The fraction of sp³-hybridized carbons (Fsp3) is 0.692. The normalized spacial score (nSPS) is 19.2. The van der Waals surface area contributed by atoms with E-state index in [1.165, 1.54) is 0 Å². The SMILES string of the molecule is CCNc1ncnc(OC2CCOC2)c1C(C)C. The molecule has 1 aliphatic heterocycles. The summed E-state index contributed by atoms with van der Waals surface area (Å²) in [4.78, 5) is 8.57. The molecule has 0 bridgehead atoms. The van der Waals surface area contributed by atoms with E-state index in [4.69, 9.17) is 9.47 Å². The largest absolute Gasteiger partial charge is 0.471 e. The molecular weight excluding hydrogens is 230 g/mol. The minimum atomic E-state index is 0.117. The van der Waals surface area contributed by atoms with Crippen LogP contribution in [-0.2, 0) is 4.74 Å². The summed E-state index contributed by atoms with van der Waals surface area (Å²) in [6, 6.07) is 0. The lowest BCUT2D eigenvalue weighted by Crippen LogP contribution is -2.19. The number of hydrogen-bond donors (Lipinski definition) is 1. The minimum absolute atomic E-state index is 0.117. The number of nitrogens with one attached hydrogen (secondary N) is 1. The average Bonchev–Trinajstić information content (AvgIpc) is 2.82. The lowest BCUT2D eigenvalue weighted by atomic mass is 10.1. The van der Waals surface area contributed by atoms with Gasteiger partial charge in [-0.2, -0.15) is 0 Å². The van der Waals surface area contributed by atoms with Crippen molar-refractivity contribution in [2.24, 2.45) is 0 Å². The van der Waals surface area contributed by atoms with Gasteiger partial charge in [-0.1, -0.05) is 13.8 Å². The van der Waals surface area contributed by atoms with E-state index in [-0.39, 0.29) is 6.10 Å². The van der Waals surface area contributed by atoms with E-state index in [2.05, 4.69) is 36.1 Å². The van der Waals surface area contributed by atoms with Crippen molar-refractivity contribution in [3.63, 3.8) is 0 Å². The molecule has 100 valence electrons. The van der Waals surface area contributed by atoms with Gasteiger partial charge in [-0.25, -0.2) is 9.97 Å². The van der Waals surface area contributed by atoms with Gasteiger partial charge in [0, 0.05) is 13.0 Å². The van der Waals surface area contributed by atoms with Crippen LogP contribution in [0.1, 0.15) is 38.7 Å². The van der Waals surface area contributed by atoms with Gasteiger partial charge in [0.05, 0.1) is 18.8 Å². The van der Waals surface area contributed by atoms with Gasteiger partial charge in [0.1, 0.15) is 18.2 Å². The molecule has 5 nitrogen and oxygen atoms in total. The molecule has 1 aromatic heterocycles. The molecular formula is C13H21N3O2. The van der Waals surface area contributed by atoms with Gasteiger partial charge < -0.3 is 14.8 Å². The predicted molar refractivity (Wildman–Crippen MR) is 70.1 cm³/mol. The zero-order chi connectivity index (χ0) is 13.0. The molecule has 1 aromatic rings. The molecule has 0 saturated carbocycles. The Balaban J connectivity index is 2.23. The summed E-state index contributed by atoms with van der Waals surface area (Å²) in [6.45, 7) is 8.56. The Bertz CT molecular complexity index is 390. The van der Waals surface area contributed by atoms with Crippen molar-refractivity contribution < 1.29 is 9.47 Å². The molecule has 0 radical (unpaired) electrons. The van der Waals surface area contributed by atoms with Crippen molar-refractivity contribution in [2.45, 2.75) is 39.2 Å². The predicted octanol–water partition coefficient (Wildman–Crippen LogP) is 2.20. The van der Waals surface area contributed by atoms with Crippen molar-refractivity contribution in [3.8, 4) is 5.88 Å². The molecule has 2 rings (SSSR count). The summed E-state index contributed by atoms with van der Waals surface area (Å²) in [7, 11) is 0. The molecule has 0 amide bonds. The first kappa shape index (κ1) is 13.1. The number of aromatic nitrogens is 2. The molecule has 0 aromatic carbocycles. The highest BCUT2D eigenvalue weighted by Crippen LogP contribution is 2.31. The monoisotopic (exact) mass is 251 g/mol. The maximum Gasteiger partial charge on any atom is 0.222 e. The molecule has 18 heavy (non-hydrogen) atoms. The van der Waals surface area contributed by atoms with E-state index >= 15 is 0 Å².